The molecule has 28 heteroatoms. The molecule has 0 radical (unpaired) electrons. The van der Waals surface area contributed by atoms with Crippen LogP contribution in [0.2, 0.25) is 0 Å². The smallest absolute Gasteiger partial charge is 0.317 e. The third-order valence-electron chi connectivity index (χ3n) is 12.7. The molecule has 8 aromatic rings. The number of imidazole rings is 2. The zero-order valence-electron chi connectivity index (χ0n) is 43.8. The van der Waals surface area contributed by atoms with E-state index in [9.17, 15) is 29.1 Å². The van der Waals surface area contributed by atoms with E-state index in [0.29, 0.717) is 17.1 Å². The molecule has 81 heavy (non-hydrogen) atoms. The van der Waals surface area contributed by atoms with Crippen molar-refractivity contribution in [1.82, 2.24) is 39.0 Å². The number of nitrogens with zero attached hydrogens (tertiary/aromatic N) is 8. The molecular formula is C53H54FN11O13P2S. The number of alkyl halides is 1. The number of carbonyl (C=O) groups is 2. The van der Waals surface area contributed by atoms with E-state index in [1.807, 2.05) is 84.9 Å². The van der Waals surface area contributed by atoms with Crippen LogP contribution in [-0.4, -0.2) is 108 Å². The maximum atomic E-state index is 16.4. The first-order chi connectivity index (χ1) is 39.3. The Morgan fingerprint density at radius 2 is 1.54 bits per heavy atom. The fraction of sp³-hybridized carbons (Fsp3) is 0.302. The number of anilines is 2. The molecule has 9 rings (SSSR count). The second-order valence-corrected chi connectivity index (χ2v) is 21.5. The third kappa shape index (κ3) is 13.3. The van der Waals surface area contributed by atoms with Gasteiger partial charge in [-0.2, -0.15) is 10.2 Å². The van der Waals surface area contributed by atoms with Crippen molar-refractivity contribution in [2.45, 2.75) is 63.6 Å². The molecule has 4 aromatic heterocycles. The number of amides is 2. The normalized spacial score (nSPS) is 17.1. The molecule has 1 saturated heterocycles. The number of nitriles is 1. The van der Waals surface area contributed by atoms with Crippen molar-refractivity contribution < 1.29 is 59.8 Å². The third-order valence-corrected chi connectivity index (χ3v) is 15.6. The molecule has 422 valence electrons. The molecule has 24 nitrogen and oxygen atoms in total. The number of methoxy groups -OCH3 is 2. The molecule has 4 aromatic carbocycles. The maximum absolute atomic E-state index is 16.4. The standard InChI is InChI=1S/C53H54FN11O13P2S/c1-32(2)48(66)62-52-61-47-43(50(68)63-52)59-40(29-73-53(34-14-9-6-10-15-34,35-16-20-37(71-3)21-17-35)36-18-22-38(72-4)23-19-36)64(47)25-27-76-81(75-26-11-24-55)79-74-28-39-41(54)44(78-80(69)70)51(77-39)65-31-58-42-45(56-30-57-46(42)65)60-49(67)33-12-7-5-8-13-33/h5-10,12-23,30-32,39,41,44,51,80H,11,25-29H2,1-4H3,(H,69,70)(H,56,57,60,67)(H2,61,62,63,66,68)/t39-,41-,44-,51-,81?/m1/s1. The highest BCUT2D eigenvalue weighted by atomic mass is 32.5. The number of carbonyl (C=O) groups excluding carboxylic acids is 2. The highest BCUT2D eigenvalue weighted by Crippen LogP contribution is 2.43. The van der Waals surface area contributed by atoms with E-state index in [-0.39, 0.29) is 80.3 Å². The van der Waals surface area contributed by atoms with Crippen molar-refractivity contribution in [3.8, 4) is 17.6 Å². The van der Waals surface area contributed by atoms with Crippen molar-refractivity contribution in [2.24, 2.45) is 5.92 Å². The molecule has 0 aliphatic carbocycles. The Kier molecular flexibility index (Phi) is 19.1. The second-order valence-electron chi connectivity index (χ2n) is 18.1. The fourth-order valence-corrected chi connectivity index (χ4v) is 11.3. The number of aromatic amines is 1. The predicted molar refractivity (Wildman–Crippen MR) is 296 cm³/mol. The van der Waals surface area contributed by atoms with Gasteiger partial charge in [-0.3, -0.25) is 46.7 Å². The summed E-state index contributed by atoms with van der Waals surface area (Å²) < 4.78 is 79.1. The van der Waals surface area contributed by atoms with Gasteiger partial charge in [0, 0.05) is 11.5 Å². The average molecular weight is 1170 g/mol. The number of aromatic nitrogens is 8. The van der Waals surface area contributed by atoms with Gasteiger partial charge in [0.25, 0.3) is 11.5 Å². The zero-order valence-corrected chi connectivity index (χ0v) is 46.5. The number of H-pyrrole nitrogens is 1. The quantitative estimate of drug-likeness (QED) is 0.0244. The van der Waals surface area contributed by atoms with Crippen LogP contribution in [-0.2, 0) is 65.6 Å². The summed E-state index contributed by atoms with van der Waals surface area (Å²) in [5.41, 5.74) is 0.881. The van der Waals surface area contributed by atoms with E-state index in [0.717, 1.165) is 23.0 Å². The number of hydrogen-bond acceptors (Lipinski definition) is 18. The SMILES string of the molecule is COc1ccc(C(OCc2nc3c(=O)[nH]c(NC(=O)C(C)C)nc3n2CCOS(OCCC#N)=POC[C@H]2O[C@@H](n3cnc4c(NC(=O)c5ccccc5)ncnc43)[C@H](O[PH](=O)O)[C@@H]2F)(c2ccccc2)c2ccc(OC)cc2)cc1. The summed E-state index contributed by atoms with van der Waals surface area (Å²) >= 11 is 0. The summed E-state index contributed by atoms with van der Waals surface area (Å²) in [6, 6.07) is 34.9. The average Bonchev–Trinajstić information content (AvgIpc) is 4.29. The highest BCUT2D eigenvalue weighted by molar-refractivity contribution is 8.13. The van der Waals surface area contributed by atoms with Gasteiger partial charge in [-0.15, -0.1) is 0 Å². The Morgan fingerprint density at radius 3 is 2.19 bits per heavy atom. The Labute approximate surface area is 466 Å². The summed E-state index contributed by atoms with van der Waals surface area (Å²) in [7, 11) is -2.10. The number of benzene rings is 4. The number of halogens is 1. The van der Waals surface area contributed by atoms with Crippen molar-refractivity contribution >= 4 is 72.4 Å². The van der Waals surface area contributed by atoms with Gasteiger partial charge in [0.15, 0.2) is 40.5 Å². The van der Waals surface area contributed by atoms with Gasteiger partial charge < -0.3 is 38.2 Å². The van der Waals surface area contributed by atoms with Crippen molar-refractivity contribution in [1.29, 1.82) is 5.26 Å². The van der Waals surface area contributed by atoms with E-state index in [4.69, 9.17) is 41.3 Å². The summed E-state index contributed by atoms with van der Waals surface area (Å²) in [5.74, 6) is 0.107. The van der Waals surface area contributed by atoms with E-state index in [1.165, 1.54) is 10.9 Å². The summed E-state index contributed by atoms with van der Waals surface area (Å²) in [4.78, 5) is 74.4. The molecule has 2 unspecified atom stereocenters. The highest BCUT2D eigenvalue weighted by Gasteiger charge is 2.49. The van der Waals surface area contributed by atoms with E-state index in [1.54, 1.807) is 63.0 Å². The number of hydrogen-bond donors (Lipinski definition) is 4. The van der Waals surface area contributed by atoms with Gasteiger partial charge in [-0.05, 0) is 53.1 Å². The van der Waals surface area contributed by atoms with Gasteiger partial charge >= 0.3 is 8.25 Å². The summed E-state index contributed by atoms with van der Waals surface area (Å²) in [5, 5.41) is 14.7. The Hall–Kier alpha value is -7.66. The van der Waals surface area contributed by atoms with Crippen LogP contribution in [0.5, 0.6) is 11.5 Å². The van der Waals surface area contributed by atoms with Crippen LogP contribution in [0.3, 0.4) is 0 Å². The molecule has 1 aliphatic heterocycles. The largest absolute Gasteiger partial charge is 0.497 e. The van der Waals surface area contributed by atoms with Crippen molar-refractivity contribution in [2.75, 3.05) is 44.7 Å². The van der Waals surface area contributed by atoms with Crippen LogP contribution in [0.15, 0.2) is 127 Å². The van der Waals surface area contributed by atoms with E-state index < -0.39 is 79.0 Å². The Bertz CT molecular complexity index is 3600. The zero-order chi connectivity index (χ0) is 57.0. The van der Waals surface area contributed by atoms with Crippen LogP contribution in [0.1, 0.15) is 59.4 Å². The van der Waals surface area contributed by atoms with Gasteiger partial charge in [0.05, 0.1) is 59.4 Å². The van der Waals surface area contributed by atoms with E-state index in [2.05, 4.69) is 35.6 Å². The number of fused-ring (bicyclic) bond motifs is 2. The van der Waals surface area contributed by atoms with E-state index >= 15 is 4.39 Å². The second kappa shape index (κ2) is 26.7. The van der Waals surface area contributed by atoms with Crippen LogP contribution in [0, 0.1) is 17.2 Å². The van der Waals surface area contributed by atoms with Gasteiger partial charge in [0.1, 0.15) is 66.3 Å². The Morgan fingerprint density at radius 1 is 0.889 bits per heavy atom. The minimum Gasteiger partial charge on any atom is -0.497 e. The monoisotopic (exact) mass is 1170 g/mol. The number of nitrogens with one attached hydrogen (secondary N) is 3. The van der Waals surface area contributed by atoms with Crippen LogP contribution < -0.4 is 25.7 Å². The first-order valence-corrected chi connectivity index (χ1v) is 28.8. The molecule has 1 fully saturated rings. The molecule has 1 aliphatic rings. The Balaban J connectivity index is 0.989. The molecule has 0 saturated carbocycles. The molecule has 5 heterocycles. The number of rotatable bonds is 25. The van der Waals surface area contributed by atoms with Crippen LogP contribution in [0.4, 0.5) is 16.2 Å². The topological polar surface area (TPSA) is 300 Å². The van der Waals surface area contributed by atoms with Gasteiger partial charge in [-0.25, -0.2) is 24.3 Å². The molecule has 0 bridgehead atoms. The van der Waals surface area contributed by atoms with Crippen molar-refractivity contribution in [3.05, 3.63) is 160 Å². The van der Waals surface area contributed by atoms with Gasteiger partial charge in [-0.1, -0.05) is 86.6 Å². The lowest BCUT2D eigenvalue weighted by molar-refractivity contribution is -0.118. The van der Waals surface area contributed by atoms with Crippen LogP contribution in [0.25, 0.3) is 22.3 Å². The molecule has 2 amide bonds. The minimum atomic E-state index is -3.73. The first-order valence-electron chi connectivity index (χ1n) is 25.0. The first kappa shape index (κ1) is 58.0. The molecule has 6 atom stereocenters. The molecule has 0 spiro atoms. The summed E-state index contributed by atoms with van der Waals surface area (Å²) in [6.07, 6.45) is -4.04. The lowest BCUT2D eigenvalue weighted by Gasteiger charge is -2.36. The number of ether oxygens (including phenoxy) is 4. The predicted octanol–water partition coefficient (Wildman–Crippen LogP) is 7.52. The fourth-order valence-electron chi connectivity index (χ4n) is 8.74. The van der Waals surface area contributed by atoms with Crippen LogP contribution >= 0.6 is 15.8 Å². The van der Waals surface area contributed by atoms with Crippen molar-refractivity contribution in [3.63, 3.8) is 0 Å². The lowest BCUT2D eigenvalue weighted by Crippen LogP contribution is -2.33. The minimum absolute atomic E-state index is 0.0153. The summed E-state index contributed by atoms with van der Waals surface area (Å²) in [6.45, 7) is 2.46. The molecule has 4 N–H and O–H groups in total. The molecular weight excluding hydrogens is 1110 g/mol. The lowest BCUT2D eigenvalue weighted by atomic mass is 9.80. The maximum Gasteiger partial charge on any atom is 0.317 e. The van der Waals surface area contributed by atoms with Gasteiger partial charge in [0.2, 0.25) is 11.9 Å².